The fourth-order valence-electron chi connectivity index (χ4n) is 4.62. The zero-order valence-electron chi connectivity index (χ0n) is 14.5. The maximum absolute atomic E-state index is 12.9. The summed E-state index contributed by atoms with van der Waals surface area (Å²) in [7, 11) is 0. The van der Waals surface area contributed by atoms with Crippen molar-refractivity contribution in [1.29, 1.82) is 0 Å². The summed E-state index contributed by atoms with van der Waals surface area (Å²) in [6, 6.07) is 6.58. The van der Waals surface area contributed by atoms with Gasteiger partial charge in [-0.15, -0.1) is 0 Å². The van der Waals surface area contributed by atoms with E-state index in [1.54, 1.807) is 0 Å². The minimum Gasteiger partial charge on any atom is -0.332 e. The van der Waals surface area contributed by atoms with Crippen molar-refractivity contribution in [2.45, 2.75) is 51.5 Å². The van der Waals surface area contributed by atoms with E-state index in [2.05, 4.69) is 25.1 Å². The first-order valence-electron chi connectivity index (χ1n) is 9.31. The van der Waals surface area contributed by atoms with Crippen LogP contribution in [0.15, 0.2) is 18.2 Å². The van der Waals surface area contributed by atoms with Crippen molar-refractivity contribution in [3.63, 3.8) is 0 Å². The maximum atomic E-state index is 12.9. The minimum absolute atomic E-state index is 0.0439. The summed E-state index contributed by atoms with van der Waals surface area (Å²) < 4.78 is 0. The number of fused-ring (bicyclic) bond motifs is 3. The van der Waals surface area contributed by atoms with Crippen molar-refractivity contribution in [1.82, 2.24) is 9.80 Å². The Morgan fingerprint density at radius 1 is 1.17 bits per heavy atom. The molecule has 4 rings (SSSR count). The van der Waals surface area contributed by atoms with E-state index in [4.69, 9.17) is 0 Å². The van der Waals surface area contributed by atoms with Crippen LogP contribution < -0.4 is 0 Å². The standard InChI is InChI=1S/C20H26N2O2/c1-14-7-8-15-9-10-22-18(17(15)11-14)12-21(13-19(22)23)20(24)16-5-3-2-4-6-16/h7-8,11,16,18H,2-6,9-10,12-13H2,1H3. The van der Waals surface area contributed by atoms with Gasteiger partial charge in [-0.1, -0.05) is 43.0 Å². The van der Waals surface area contributed by atoms with E-state index in [0.717, 1.165) is 38.6 Å². The largest absolute Gasteiger partial charge is 0.332 e. The predicted octanol–water partition coefficient (Wildman–Crippen LogP) is 2.84. The van der Waals surface area contributed by atoms with Gasteiger partial charge in [0.1, 0.15) is 0 Å². The fourth-order valence-corrected chi connectivity index (χ4v) is 4.62. The normalized spacial score (nSPS) is 24.5. The molecular weight excluding hydrogens is 300 g/mol. The van der Waals surface area contributed by atoms with Gasteiger partial charge in [0.25, 0.3) is 0 Å². The fraction of sp³-hybridized carbons (Fsp3) is 0.600. The molecule has 4 nitrogen and oxygen atoms in total. The van der Waals surface area contributed by atoms with Gasteiger partial charge in [0, 0.05) is 19.0 Å². The first-order chi connectivity index (χ1) is 11.6. The van der Waals surface area contributed by atoms with Gasteiger partial charge in [0.05, 0.1) is 12.6 Å². The number of rotatable bonds is 1. The Hall–Kier alpha value is -1.84. The van der Waals surface area contributed by atoms with Crippen LogP contribution in [0.5, 0.6) is 0 Å². The molecule has 0 aromatic heterocycles. The van der Waals surface area contributed by atoms with Gasteiger partial charge >= 0.3 is 0 Å². The maximum Gasteiger partial charge on any atom is 0.242 e. The summed E-state index contributed by atoms with van der Waals surface area (Å²) in [6.07, 6.45) is 6.45. The second kappa shape index (κ2) is 6.23. The van der Waals surface area contributed by atoms with Crippen molar-refractivity contribution in [2.75, 3.05) is 19.6 Å². The van der Waals surface area contributed by atoms with Gasteiger partial charge in [-0.2, -0.15) is 0 Å². The Morgan fingerprint density at radius 3 is 2.75 bits per heavy atom. The molecule has 4 heteroatoms. The average Bonchev–Trinajstić information content (AvgIpc) is 2.61. The lowest BCUT2D eigenvalue weighted by Gasteiger charge is -2.45. The number of carbonyl (C=O) groups is 2. The summed E-state index contributed by atoms with van der Waals surface area (Å²) in [5.41, 5.74) is 3.80. The van der Waals surface area contributed by atoms with Crippen LogP contribution in [0, 0.1) is 12.8 Å². The number of aryl methyl sites for hydroxylation is 1. The molecular formula is C20H26N2O2. The first-order valence-corrected chi connectivity index (χ1v) is 9.31. The summed E-state index contributed by atoms with van der Waals surface area (Å²) in [5, 5.41) is 0. The Balaban J connectivity index is 1.59. The summed E-state index contributed by atoms with van der Waals surface area (Å²) in [5.74, 6) is 0.462. The third kappa shape index (κ3) is 2.72. The second-order valence-electron chi connectivity index (χ2n) is 7.61. The highest BCUT2D eigenvalue weighted by atomic mass is 16.2. The van der Waals surface area contributed by atoms with E-state index in [1.807, 2.05) is 9.80 Å². The SMILES string of the molecule is Cc1ccc2c(c1)C1CN(C(=O)C3CCCCC3)CC(=O)N1CC2. The number of piperazine rings is 1. The van der Waals surface area contributed by atoms with Crippen molar-refractivity contribution in [2.24, 2.45) is 5.92 Å². The molecule has 2 fully saturated rings. The molecule has 1 aromatic carbocycles. The third-order valence-electron chi connectivity index (χ3n) is 5.96. The monoisotopic (exact) mass is 326 g/mol. The van der Waals surface area contributed by atoms with Gasteiger partial charge in [0.15, 0.2) is 0 Å². The number of benzene rings is 1. The van der Waals surface area contributed by atoms with Crippen molar-refractivity contribution < 1.29 is 9.59 Å². The van der Waals surface area contributed by atoms with Gasteiger partial charge in [-0.3, -0.25) is 9.59 Å². The lowest BCUT2D eigenvalue weighted by molar-refractivity contribution is -0.152. The van der Waals surface area contributed by atoms with E-state index in [1.165, 1.54) is 23.1 Å². The molecule has 128 valence electrons. The van der Waals surface area contributed by atoms with Crippen LogP contribution in [-0.2, 0) is 16.0 Å². The van der Waals surface area contributed by atoms with Crippen LogP contribution in [0.25, 0.3) is 0 Å². The lowest BCUT2D eigenvalue weighted by Crippen LogP contribution is -2.56. The molecule has 1 atom stereocenters. The van der Waals surface area contributed by atoms with Crippen LogP contribution in [0.1, 0.15) is 54.8 Å². The van der Waals surface area contributed by atoms with Gasteiger partial charge in [-0.05, 0) is 37.3 Å². The lowest BCUT2D eigenvalue weighted by atomic mass is 9.86. The zero-order valence-corrected chi connectivity index (χ0v) is 14.5. The zero-order chi connectivity index (χ0) is 16.7. The molecule has 1 aliphatic carbocycles. The topological polar surface area (TPSA) is 40.6 Å². The second-order valence-corrected chi connectivity index (χ2v) is 7.61. The molecule has 0 spiro atoms. The Labute approximate surface area is 143 Å². The Bertz CT molecular complexity index is 664. The number of nitrogens with zero attached hydrogens (tertiary/aromatic N) is 2. The average molecular weight is 326 g/mol. The summed E-state index contributed by atoms with van der Waals surface area (Å²) >= 11 is 0. The third-order valence-corrected chi connectivity index (χ3v) is 5.96. The molecule has 0 N–H and O–H groups in total. The molecule has 1 unspecified atom stereocenters. The van der Waals surface area contributed by atoms with Crippen LogP contribution in [0.3, 0.4) is 0 Å². The highest BCUT2D eigenvalue weighted by Gasteiger charge is 2.40. The molecule has 0 bridgehead atoms. The molecule has 2 heterocycles. The number of amides is 2. The highest BCUT2D eigenvalue weighted by molar-refractivity contribution is 5.87. The molecule has 1 saturated carbocycles. The van der Waals surface area contributed by atoms with Crippen LogP contribution in [0.2, 0.25) is 0 Å². The predicted molar refractivity (Wildman–Crippen MR) is 92.5 cm³/mol. The Morgan fingerprint density at radius 2 is 1.96 bits per heavy atom. The minimum atomic E-state index is 0.0439. The first kappa shape index (κ1) is 15.7. The molecule has 2 amide bonds. The molecule has 3 aliphatic rings. The number of carbonyl (C=O) groups excluding carboxylic acids is 2. The van der Waals surface area contributed by atoms with E-state index in [0.29, 0.717) is 6.54 Å². The molecule has 1 saturated heterocycles. The van der Waals surface area contributed by atoms with Gasteiger partial charge in [-0.25, -0.2) is 0 Å². The van der Waals surface area contributed by atoms with Crippen LogP contribution >= 0.6 is 0 Å². The van der Waals surface area contributed by atoms with E-state index >= 15 is 0 Å². The van der Waals surface area contributed by atoms with Crippen LogP contribution in [0.4, 0.5) is 0 Å². The quantitative estimate of drug-likeness (QED) is 0.796. The van der Waals surface area contributed by atoms with Crippen molar-refractivity contribution >= 4 is 11.8 Å². The molecule has 24 heavy (non-hydrogen) atoms. The number of hydrogen-bond donors (Lipinski definition) is 0. The smallest absolute Gasteiger partial charge is 0.242 e. The van der Waals surface area contributed by atoms with Crippen LogP contribution in [-0.4, -0.2) is 41.2 Å². The molecule has 0 radical (unpaired) electrons. The van der Waals surface area contributed by atoms with E-state index in [9.17, 15) is 9.59 Å². The van der Waals surface area contributed by atoms with E-state index in [-0.39, 0.29) is 30.3 Å². The van der Waals surface area contributed by atoms with Gasteiger partial charge in [0.2, 0.25) is 11.8 Å². The summed E-state index contributed by atoms with van der Waals surface area (Å²) in [4.78, 5) is 29.4. The van der Waals surface area contributed by atoms with Gasteiger partial charge < -0.3 is 9.80 Å². The van der Waals surface area contributed by atoms with E-state index < -0.39 is 0 Å². The summed E-state index contributed by atoms with van der Waals surface area (Å²) in [6.45, 7) is 3.81. The van der Waals surface area contributed by atoms with Crippen molar-refractivity contribution in [3.05, 3.63) is 34.9 Å². The highest BCUT2D eigenvalue weighted by Crippen LogP contribution is 2.35. The number of hydrogen-bond acceptors (Lipinski definition) is 2. The Kier molecular flexibility index (Phi) is 4.07. The molecule has 2 aliphatic heterocycles. The van der Waals surface area contributed by atoms with Crippen molar-refractivity contribution in [3.8, 4) is 0 Å². The molecule has 1 aromatic rings.